The Morgan fingerprint density at radius 1 is 1.37 bits per heavy atom. The van der Waals surface area contributed by atoms with Gasteiger partial charge in [-0.3, -0.25) is 4.79 Å². The lowest BCUT2D eigenvalue weighted by molar-refractivity contribution is -0.119. The molecule has 0 bridgehead atoms. The van der Waals surface area contributed by atoms with E-state index in [1.165, 1.54) is 12.1 Å². The van der Waals surface area contributed by atoms with Crippen LogP contribution in [-0.4, -0.2) is 16.9 Å². The van der Waals surface area contributed by atoms with Crippen LogP contribution in [0.4, 0.5) is 4.39 Å². The summed E-state index contributed by atoms with van der Waals surface area (Å²) in [6.45, 7) is 0. The van der Waals surface area contributed by atoms with Gasteiger partial charge in [0.15, 0.2) is 0 Å². The lowest BCUT2D eigenvalue weighted by Crippen LogP contribution is -2.27. The number of amides is 1. The molecule has 1 aliphatic heterocycles. The van der Waals surface area contributed by atoms with Crippen LogP contribution in [0.25, 0.3) is 10.6 Å². The maximum atomic E-state index is 12.9. The topological polar surface area (TPSA) is 42.0 Å². The fourth-order valence-electron chi connectivity index (χ4n) is 2.21. The van der Waals surface area contributed by atoms with Crippen molar-refractivity contribution in [2.75, 3.05) is 0 Å². The highest BCUT2D eigenvalue weighted by atomic mass is 32.1. The van der Waals surface area contributed by atoms with Crippen LogP contribution in [0.1, 0.15) is 18.5 Å². The smallest absolute Gasteiger partial charge is 0.220 e. The van der Waals surface area contributed by atoms with Crippen LogP contribution in [0.15, 0.2) is 29.6 Å². The minimum Gasteiger partial charge on any atom is -0.353 e. The van der Waals surface area contributed by atoms with Crippen LogP contribution in [0.5, 0.6) is 0 Å². The number of hydrogen-bond donors (Lipinski definition) is 1. The van der Waals surface area contributed by atoms with E-state index in [0.29, 0.717) is 6.42 Å². The lowest BCUT2D eigenvalue weighted by Gasteiger charge is -2.06. The van der Waals surface area contributed by atoms with Gasteiger partial charge in [-0.05, 0) is 30.7 Å². The lowest BCUT2D eigenvalue weighted by atomic mass is 10.1. The highest BCUT2D eigenvalue weighted by molar-refractivity contribution is 7.13. The van der Waals surface area contributed by atoms with E-state index in [9.17, 15) is 9.18 Å². The molecule has 1 aromatic carbocycles. The number of carbonyl (C=O) groups is 1. The first-order chi connectivity index (χ1) is 9.20. The van der Waals surface area contributed by atoms with E-state index in [2.05, 4.69) is 10.3 Å². The van der Waals surface area contributed by atoms with Crippen molar-refractivity contribution in [3.05, 3.63) is 41.2 Å². The third-order valence-corrected chi connectivity index (χ3v) is 4.12. The molecule has 19 heavy (non-hydrogen) atoms. The first-order valence-electron chi connectivity index (χ1n) is 6.20. The number of nitrogens with one attached hydrogen (secondary N) is 1. The minimum absolute atomic E-state index is 0.124. The summed E-state index contributed by atoms with van der Waals surface area (Å²) in [5.74, 6) is -0.117. The molecule has 1 unspecified atom stereocenters. The summed E-state index contributed by atoms with van der Waals surface area (Å²) in [4.78, 5) is 15.7. The van der Waals surface area contributed by atoms with Crippen molar-refractivity contribution in [2.24, 2.45) is 0 Å². The van der Waals surface area contributed by atoms with E-state index < -0.39 is 0 Å². The Bertz CT molecular complexity index is 594. The molecule has 1 atom stereocenters. The molecule has 1 amide bonds. The first kappa shape index (κ1) is 12.3. The second-order valence-corrected chi connectivity index (χ2v) is 5.52. The highest BCUT2D eigenvalue weighted by Crippen LogP contribution is 2.25. The Labute approximate surface area is 114 Å². The van der Waals surface area contributed by atoms with Gasteiger partial charge in [-0.25, -0.2) is 9.37 Å². The monoisotopic (exact) mass is 276 g/mol. The second kappa shape index (κ2) is 5.09. The van der Waals surface area contributed by atoms with Crippen molar-refractivity contribution < 1.29 is 9.18 Å². The first-order valence-corrected chi connectivity index (χ1v) is 7.08. The van der Waals surface area contributed by atoms with E-state index in [4.69, 9.17) is 0 Å². The quantitative estimate of drug-likeness (QED) is 0.936. The number of hydrogen-bond acceptors (Lipinski definition) is 3. The van der Waals surface area contributed by atoms with E-state index in [1.807, 2.05) is 5.38 Å². The van der Waals surface area contributed by atoms with Crippen LogP contribution in [0.3, 0.4) is 0 Å². The van der Waals surface area contributed by atoms with Gasteiger partial charge in [0.1, 0.15) is 10.8 Å². The molecule has 0 radical (unpaired) electrons. The Morgan fingerprint density at radius 3 is 2.84 bits per heavy atom. The molecule has 2 heterocycles. The largest absolute Gasteiger partial charge is 0.353 e. The summed E-state index contributed by atoms with van der Waals surface area (Å²) in [7, 11) is 0. The van der Waals surface area contributed by atoms with Crippen LogP contribution in [0, 0.1) is 5.82 Å². The number of thiazole rings is 1. The molecule has 5 heteroatoms. The van der Waals surface area contributed by atoms with Crippen molar-refractivity contribution in [1.29, 1.82) is 0 Å². The normalized spacial score (nSPS) is 18.6. The van der Waals surface area contributed by atoms with Crippen molar-refractivity contribution in [1.82, 2.24) is 10.3 Å². The predicted molar refractivity (Wildman–Crippen MR) is 72.4 cm³/mol. The minimum atomic E-state index is -0.241. The van der Waals surface area contributed by atoms with Crippen LogP contribution in [-0.2, 0) is 11.2 Å². The van der Waals surface area contributed by atoms with Gasteiger partial charge < -0.3 is 5.32 Å². The number of halogens is 1. The van der Waals surface area contributed by atoms with Crippen molar-refractivity contribution in [2.45, 2.75) is 25.3 Å². The molecule has 0 saturated carbocycles. The molecule has 1 saturated heterocycles. The number of benzene rings is 1. The Hall–Kier alpha value is -1.75. The fourth-order valence-corrected chi connectivity index (χ4v) is 3.05. The van der Waals surface area contributed by atoms with E-state index in [-0.39, 0.29) is 17.8 Å². The van der Waals surface area contributed by atoms with Gasteiger partial charge in [-0.1, -0.05) is 0 Å². The average Bonchev–Trinajstić information content (AvgIpc) is 3.00. The van der Waals surface area contributed by atoms with E-state index >= 15 is 0 Å². The summed E-state index contributed by atoms with van der Waals surface area (Å²) in [5, 5.41) is 5.83. The molecule has 1 aromatic heterocycles. The van der Waals surface area contributed by atoms with Gasteiger partial charge in [0.2, 0.25) is 5.91 Å². The van der Waals surface area contributed by atoms with Crippen molar-refractivity contribution in [3.8, 4) is 10.6 Å². The van der Waals surface area contributed by atoms with Gasteiger partial charge in [0, 0.05) is 29.8 Å². The molecule has 0 aliphatic carbocycles. The summed E-state index contributed by atoms with van der Waals surface area (Å²) < 4.78 is 12.9. The molecule has 1 fully saturated rings. The third-order valence-electron chi connectivity index (χ3n) is 3.18. The summed E-state index contributed by atoms with van der Waals surface area (Å²) in [6.07, 6.45) is 2.26. The number of rotatable bonds is 3. The highest BCUT2D eigenvalue weighted by Gasteiger charge is 2.21. The molecule has 3 rings (SSSR count). The zero-order valence-electron chi connectivity index (χ0n) is 10.2. The summed E-state index contributed by atoms with van der Waals surface area (Å²) in [5.41, 5.74) is 1.91. The van der Waals surface area contributed by atoms with E-state index in [1.54, 1.807) is 23.5 Å². The van der Waals surface area contributed by atoms with Crippen LogP contribution in [0.2, 0.25) is 0 Å². The Morgan fingerprint density at radius 2 is 2.16 bits per heavy atom. The zero-order chi connectivity index (χ0) is 13.2. The van der Waals surface area contributed by atoms with Gasteiger partial charge >= 0.3 is 0 Å². The third kappa shape index (κ3) is 2.81. The maximum absolute atomic E-state index is 12.9. The van der Waals surface area contributed by atoms with Crippen molar-refractivity contribution in [3.63, 3.8) is 0 Å². The average molecular weight is 276 g/mol. The molecular weight excluding hydrogens is 263 g/mol. The van der Waals surface area contributed by atoms with Gasteiger partial charge in [0.05, 0.1) is 5.69 Å². The van der Waals surface area contributed by atoms with Crippen LogP contribution < -0.4 is 5.32 Å². The molecule has 0 spiro atoms. The van der Waals surface area contributed by atoms with Crippen molar-refractivity contribution >= 4 is 17.2 Å². The maximum Gasteiger partial charge on any atom is 0.220 e. The summed E-state index contributed by atoms with van der Waals surface area (Å²) in [6, 6.07) is 6.54. The number of carbonyl (C=O) groups excluding carboxylic acids is 1. The van der Waals surface area contributed by atoms with Gasteiger partial charge in [-0.15, -0.1) is 11.3 Å². The van der Waals surface area contributed by atoms with Gasteiger partial charge in [-0.2, -0.15) is 0 Å². The summed E-state index contributed by atoms with van der Waals surface area (Å²) >= 11 is 1.55. The second-order valence-electron chi connectivity index (χ2n) is 4.66. The standard InChI is InChI=1S/C14H13FN2OS/c15-10-3-1-9(2-4-10)14-17-12(8-19-14)7-11-5-6-13(18)16-11/h1-4,8,11H,5-7H2,(H,16,18). The number of aromatic nitrogens is 1. The molecule has 3 nitrogen and oxygen atoms in total. The molecule has 1 N–H and O–H groups in total. The van der Waals surface area contributed by atoms with Crippen LogP contribution >= 0.6 is 11.3 Å². The fraction of sp³-hybridized carbons (Fsp3) is 0.286. The predicted octanol–water partition coefficient (Wildman–Crippen LogP) is 2.77. The van der Waals surface area contributed by atoms with E-state index in [0.717, 1.165) is 29.1 Å². The number of nitrogens with zero attached hydrogens (tertiary/aromatic N) is 1. The molecule has 2 aromatic rings. The molecule has 1 aliphatic rings. The molecular formula is C14H13FN2OS. The molecule has 98 valence electrons. The van der Waals surface area contributed by atoms with Gasteiger partial charge in [0.25, 0.3) is 0 Å². The SMILES string of the molecule is O=C1CCC(Cc2csc(-c3ccc(F)cc3)n2)N1. The Balaban J connectivity index is 1.72. The zero-order valence-corrected chi connectivity index (χ0v) is 11.0. The Kier molecular flexibility index (Phi) is 3.29.